The highest BCUT2D eigenvalue weighted by Gasteiger charge is 2.19. The third-order valence-electron chi connectivity index (χ3n) is 5.06. The van der Waals surface area contributed by atoms with Gasteiger partial charge in [-0.15, -0.1) is 24.0 Å². The van der Waals surface area contributed by atoms with Crippen LogP contribution in [0.2, 0.25) is 0 Å². The summed E-state index contributed by atoms with van der Waals surface area (Å²) in [7, 11) is 1.85. The molecule has 0 aliphatic carbocycles. The van der Waals surface area contributed by atoms with Gasteiger partial charge in [-0.2, -0.15) is 0 Å². The molecule has 1 aromatic carbocycles. The fraction of sp³-hybridized carbons (Fsp3) is 0.650. The second kappa shape index (κ2) is 13.1. The van der Waals surface area contributed by atoms with Crippen LogP contribution in [0.5, 0.6) is 0 Å². The molecule has 0 spiro atoms. The van der Waals surface area contributed by atoms with Gasteiger partial charge >= 0.3 is 0 Å². The first-order valence-electron chi connectivity index (χ1n) is 9.86. The number of benzene rings is 1. The van der Waals surface area contributed by atoms with Crippen LogP contribution in [0.1, 0.15) is 26.7 Å². The lowest BCUT2D eigenvalue weighted by Gasteiger charge is -2.37. The number of halogens is 2. The first-order valence-corrected chi connectivity index (χ1v) is 9.86. The van der Waals surface area contributed by atoms with Crippen molar-refractivity contribution in [3.8, 4) is 0 Å². The van der Waals surface area contributed by atoms with Crippen molar-refractivity contribution in [1.29, 1.82) is 0 Å². The largest absolute Gasteiger partial charge is 0.368 e. The first kappa shape index (κ1) is 23.9. The summed E-state index contributed by atoms with van der Waals surface area (Å²) in [5.74, 6) is 0.810. The molecule has 0 aromatic heterocycles. The Morgan fingerprint density at radius 2 is 1.70 bits per heavy atom. The zero-order valence-corrected chi connectivity index (χ0v) is 19.3. The molecule has 0 saturated carbocycles. The lowest BCUT2D eigenvalue weighted by molar-refractivity contribution is 0.296. The van der Waals surface area contributed by atoms with Gasteiger partial charge in [0.05, 0.1) is 0 Å². The van der Waals surface area contributed by atoms with E-state index in [1.165, 1.54) is 25.1 Å². The Morgan fingerprint density at radius 3 is 2.26 bits per heavy atom. The van der Waals surface area contributed by atoms with Crippen molar-refractivity contribution < 1.29 is 4.39 Å². The van der Waals surface area contributed by atoms with Crippen molar-refractivity contribution in [2.75, 3.05) is 64.3 Å². The number of guanidine groups is 1. The first-order chi connectivity index (χ1) is 12.7. The molecule has 1 aromatic rings. The van der Waals surface area contributed by atoms with Crippen LogP contribution in [0.4, 0.5) is 10.1 Å². The van der Waals surface area contributed by atoms with E-state index in [-0.39, 0.29) is 29.8 Å². The lowest BCUT2D eigenvalue weighted by Crippen LogP contribution is -2.52. The van der Waals surface area contributed by atoms with Gasteiger partial charge in [0.25, 0.3) is 0 Å². The molecule has 0 unspecified atom stereocenters. The molecule has 154 valence electrons. The Hall–Kier alpha value is -1.09. The molecule has 1 fully saturated rings. The molecule has 7 heteroatoms. The zero-order valence-electron chi connectivity index (χ0n) is 17.0. The summed E-state index contributed by atoms with van der Waals surface area (Å²) in [4.78, 5) is 11.5. The summed E-state index contributed by atoms with van der Waals surface area (Å²) >= 11 is 0. The van der Waals surface area contributed by atoms with Gasteiger partial charge < -0.3 is 20.0 Å². The van der Waals surface area contributed by atoms with Crippen molar-refractivity contribution in [2.45, 2.75) is 26.7 Å². The number of hydrogen-bond acceptors (Lipinski definition) is 3. The fourth-order valence-corrected chi connectivity index (χ4v) is 3.36. The van der Waals surface area contributed by atoms with Crippen LogP contribution >= 0.6 is 24.0 Å². The number of piperazine rings is 1. The van der Waals surface area contributed by atoms with Gasteiger partial charge in [0.1, 0.15) is 5.82 Å². The van der Waals surface area contributed by atoms with Gasteiger partial charge in [0.15, 0.2) is 5.96 Å². The van der Waals surface area contributed by atoms with Gasteiger partial charge in [-0.25, -0.2) is 4.39 Å². The summed E-state index contributed by atoms with van der Waals surface area (Å²) in [5, 5.41) is 3.50. The van der Waals surface area contributed by atoms with Gasteiger partial charge in [0.2, 0.25) is 0 Å². The highest BCUT2D eigenvalue weighted by Crippen LogP contribution is 2.16. The smallest absolute Gasteiger partial charge is 0.193 e. The minimum Gasteiger partial charge on any atom is -0.368 e. The maximum absolute atomic E-state index is 13.1. The summed E-state index contributed by atoms with van der Waals surface area (Å²) in [5.41, 5.74) is 1.09. The van der Waals surface area contributed by atoms with Gasteiger partial charge in [-0.05, 0) is 56.7 Å². The number of rotatable bonds is 8. The molecule has 1 N–H and O–H groups in total. The SMILES string of the molecule is CCN(CC)CCCCNC(=NC)N1CCN(c2ccc(F)cc2)CC1.I. The highest BCUT2D eigenvalue weighted by atomic mass is 127. The topological polar surface area (TPSA) is 34.1 Å². The number of unbranched alkanes of at least 4 members (excludes halogenated alkanes) is 1. The second-order valence-corrected chi connectivity index (χ2v) is 6.66. The molecule has 5 nitrogen and oxygen atoms in total. The molecule has 27 heavy (non-hydrogen) atoms. The predicted octanol–water partition coefficient (Wildman–Crippen LogP) is 3.26. The Bertz CT molecular complexity index is 540. The van der Waals surface area contributed by atoms with E-state index < -0.39 is 0 Å². The Balaban J connectivity index is 0.00000364. The van der Waals surface area contributed by atoms with E-state index in [9.17, 15) is 4.39 Å². The van der Waals surface area contributed by atoms with Gasteiger partial charge in [-0.1, -0.05) is 13.8 Å². The molecule has 1 heterocycles. The van der Waals surface area contributed by atoms with E-state index in [2.05, 4.69) is 38.9 Å². The minimum atomic E-state index is -0.182. The van der Waals surface area contributed by atoms with E-state index in [4.69, 9.17) is 0 Å². The normalized spacial score (nSPS) is 15.1. The number of nitrogens with zero attached hydrogens (tertiary/aromatic N) is 4. The maximum Gasteiger partial charge on any atom is 0.193 e. The molecular weight excluding hydrogens is 456 g/mol. The molecule has 0 radical (unpaired) electrons. The Kier molecular flexibility index (Phi) is 11.7. The summed E-state index contributed by atoms with van der Waals surface area (Å²) in [6.45, 7) is 12.5. The molecule has 2 rings (SSSR count). The average Bonchev–Trinajstić information content (AvgIpc) is 2.68. The van der Waals surface area contributed by atoms with Gasteiger partial charge in [0, 0.05) is 45.5 Å². The third-order valence-corrected chi connectivity index (χ3v) is 5.06. The Labute approximate surface area is 181 Å². The minimum absolute atomic E-state index is 0. The molecule has 1 aliphatic heterocycles. The Morgan fingerprint density at radius 1 is 1.07 bits per heavy atom. The number of hydrogen-bond donors (Lipinski definition) is 1. The van der Waals surface area contributed by atoms with Crippen LogP contribution in [0.25, 0.3) is 0 Å². The van der Waals surface area contributed by atoms with E-state index in [1.54, 1.807) is 0 Å². The van der Waals surface area contributed by atoms with E-state index in [0.717, 1.165) is 63.9 Å². The lowest BCUT2D eigenvalue weighted by atomic mass is 10.2. The third kappa shape index (κ3) is 7.81. The van der Waals surface area contributed by atoms with Crippen LogP contribution in [0.15, 0.2) is 29.3 Å². The maximum atomic E-state index is 13.1. The van der Waals surface area contributed by atoms with E-state index >= 15 is 0 Å². The predicted molar refractivity (Wildman–Crippen MR) is 124 cm³/mol. The van der Waals surface area contributed by atoms with Crippen LogP contribution in [0, 0.1) is 5.82 Å². The molecule has 1 saturated heterocycles. The number of nitrogens with one attached hydrogen (secondary N) is 1. The van der Waals surface area contributed by atoms with E-state index in [1.807, 2.05) is 19.2 Å². The standard InChI is InChI=1S/C20H34FN5.HI/c1-4-24(5-2)13-7-6-12-23-20(22-3)26-16-14-25(15-17-26)19-10-8-18(21)9-11-19;/h8-11H,4-7,12-17H2,1-3H3,(H,22,23);1H. The van der Waals surface area contributed by atoms with Crippen LogP contribution < -0.4 is 10.2 Å². The van der Waals surface area contributed by atoms with Crippen molar-refractivity contribution in [3.63, 3.8) is 0 Å². The second-order valence-electron chi connectivity index (χ2n) is 6.66. The summed E-state index contributed by atoms with van der Waals surface area (Å²) < 4.78 is 13.1. The molecule has 0 atom stereocenters. The van der Waals surface area contributed by atoms with Crippen molar-refractivity contribution in [3.05, 3.63) is 30.1 Å². The molecule has 1 aliphatic rings. The zero-order chi connectivity index (χ0) is 18.8. The van der Waals surface area contributed by atoms with Crippen molar-refractivity contribution in [2.24, 2.45) is 4.99 Å². The van der Waals surface area contributed by atoms with Crippen molar-refractivity contribution >= 4 is 35.6 Å². The van der Waals surface area contributed by atoms with Gasteiger partial charge in [-0.3, -0.25) is 4.99 Å². The monoisotopic (exact) mass is 491 g/mol. The summed E-state index contributed by atoms with van der Waals surface area (Å²) in [6, 6.07) is 6.77. The molecular formula is C20H35FIN5. The van der Waals surface area contributed by atoms with Crippen LogP contribution in [0.3, 0.4) is 0 Å². The van der Waals surface area contributed by atoms with E-state index in [0.29, 0.717) is 0 Å². The highest BCUT2D eigenvalue weighted by molar-refractivity contribution is 14.0. The molecule has 0 amide bonds. The van der Waals surface area contributed by atoms with Crippen molar-refractivity contribution in [1.82, 2.24) is 15.1 Å². The number of anilines is 1. The fourth-order valence-electron chi connectivity index (χ4n) is 3.36. The quantitative estimate of drug-likeness (QED) is 0.262. The average molecular weight is 491 g/mol. The van der Waals surface area contributed by atoms with Crippen LogP contribution in [-0.2, 0) is 0 Å². The number of aliphatic imine (C=N–C) groups is 1. The molecule has 0 bridgehead atoms. The van der Waals surface area contributed by atoms with Crippen LogP contribution in [-0.4, -0.2) is 75.2 Å². The summed E-state index contributed by atoms with van der Waals surface area (Å²) in [6.07, 6.45) is 2.37.